The SMILES string of the molecule is O=C(NC[C@H]1CN(C2CCCC2)Cc2ccnn2C1)c1cscn1. The number of amides is 1. The van der Waals surface area contributed by atoms with Crippen LogP contribution in [-0.4, -0.2) is 44.7 Å². The molecule has 1 N–H and O–H groups in total. The van der Waals surface area contributed by atoms with E-state index in [9.17, 15) is 4.79 Å². The molecule has 1 atom stereocenters. The van der Waals surface area contributed by atoms with E-state index in [0.29, 0.717) is 24.2 Å². The van der Waals surface area contributed by atoms with Gasteiger partial charge in [-0.15, -0.1) is 11.3 Å². The highest BCUT2D eigenvalue weighted by molar-refractivity contribution is 7.07. The maximum Gasteiger partial charge on any atom is 0.270 e. The van der Waals surface area contributed by atoms with Crippen molar-refractivity contribution in [3.05, 3.63) is 34.5 Å². The molecule has 1 fully saturated rings. The standard InChI is InChI=1S/C17H23N5OS/c23-17(16-11-24-12-19-16)18-7-13-8-21(14-3-1-2-4-14)10-15-5-6-20-22(15)9-13/h5-6,11-14H,1-4,7-10H2,(H,18,23)/t13-/m0/s1. The van der Waals surface area contributed by atoms with E-state index in [0.717, 1.165) is 19.6 Å². The molecule has 3 heterocycles. The van der Waals surface area contributed by atoms with Crippen molar-refractivity contribution in [1.82, 2.24) is 25.0 Å². The van der Waals surface area contributed by atoms with Crippen molar-refractivity contribution in [2.45, 2.75) is 44.8 Å². The van der Waals surface area contributed by atoms with E-state index in [-0.39, 0.29) is 5.91 Å². The maximum atomic E-state index is 12.2. The molecule has 24 heavy (non-hydrogen) atoms. The van der Waals surface area contributed by atoms with E-state index in [1.807, 2.05) is 6.20 Å². The van der Waals surface area contributed by atoms with Crippen LogP contribution in [0.2, 0.25) is 0 Å². The van der Waals surface area contributed by atoms with E-state index in [1.54, 1.807) is 10.9 Å². The number of nitrogens with one attached hydrogen (secondary N) is 1. The Morgan fingerprint density at radius 2 is 2.21 bits per heavy atom. The number of aromatic nitrogens is 3. The van der Waals surface area contributed by atoms with Gasteiger partial charge in [-0.2, -0.15) is 5.10 Å². The molecule has 1 amide bonds. The van der Waals surface area contributed by atoms with Crippen molar-refractivity contribution in [2.75, 3.05) is 13.1 Å². The number of rotatable bonds is 4. The zero-order valence-corrected chi connectivity index (χ0v) is 14.5. The van der Waals surface area contributed by atoms with Gasteiger partial charge >= 0.3 is 0 Å². The lowest BCUT2D eigenvalue weighted by Gasteiger charge is -2.29. The van der Waals surface area contributed by atoms with E-state index >= 15 is 0 Å². The second-order valence-electron chi connectivity index (χ2n) is 6.82. The largest absolute Gasteiger partial charge is 0.350 e. The molecule has 6 nitrogen and oxygen atoms in total. The van der Waals surface area contributed by atoms with Crippen LogP contribution in [0.5, 0.6) is 0 Å². The summed E-state index contributed by atoms with van der Waals surface area (Å²) in [5, 5.41) is 9.32. The normalized spacial score (nSPS) is 22.2. The van der Waals surface area contributed by atoms with Crippen LogP contribution in [0.1, 0.15) is 41.9 Å². The lowest BCUT2D eigenvalue weighted by Crippen LogP contribution is -2.40. The van der Waals surface area contributed by atoms with Crippen molar-refractivity contribution < 1.29 is 4.79 Å². The highest BCUT2D eigenvalue weighted by Gasteiger charge is 2.29. The van der Waals surface area contributed by atoms with Crippen LogP contribution < -0.4 is 5.32 Å². The van der Waals surface area contributed by atoms with E-state index in [2.05, 4.69) is 31.0 Å². The Labute approximate surface area is 145 Å². The summed E-state index contributed by atoms with van der Waals surface area (Å²) in [6, 6.07) is 2.81. The van der Waals surface area contributed by atoms with Crippen LogP contribution in [0.25, 0.3) is 0 Å². The fourth-order valence-corrected chi connectivity index (χ4v) is 4.43. The van der Waals surface area contributed by atoms with Gasteiger partial charge < -0.3 is 5.32 Å². The van der Waals surface area contributed by atoms with E-state index in [4.69, 9.17) is 0 Å². The van der Waals surface area contributed by atoms with E-state index in [1.165, 1.54) is 42.7 Å². The number of thiazole rings is 1. The molecule has 0 aromatic carbocycles. The van der Waals surface area contributed by atoms with Crippen LogP contribution in [0, 0.1) is 5.92 Å². The molecule has 0 spiro atoms. The second kappa shape index (κ2) is 7.03. The Morgan fingerprint density at radius 3 is 3.00 bits per heavy atom. The van der Waals surface area contributed by atoms with Gasteiger partial charge in [-0.25, -0.2) is 4.98 Å². The summed E-state index contributed by atoms with van der Waals surface area (Å²) in [6.45, 7) is 3.52. The molecule has 1 aliphatic carbocycles. The van der Waals surface area contributed by atoms with Gasteiger partial charge in [-0.05, 0) is 18.9 Å². The Hall–Kier alpha value is -1.73. The first-order valence-electron chi connectivity index (χ1n) is 8.71. The molecule has 2 aromatic rings. The van der Waals surface area contributed by atoms with Crippen LogP contribution in [0.4, 0.5) is 0 Å². The Morgan fingerprint density at radius 1 is 1.33 bits per heavy atom. The van der Waals surface area contributed by atoms with E-state index < -0.39 is 0 Å². The quantitative estimate of drug-likeness (QED) is 0.922. The summed E-state index contributed by atoms with van der Waals surface area (Å²) in [5.41, 5.74) is 3.49. The average molecular weight is 345 g/mol. The zero-order chi connectivity index (χ0) is 16.4. The lowest BCUT2D eigenvalue weighted by molar-refractivity contribution is 0.0932. The number of carbonyl (C=O) groups is 1. The molecule has 0 bridgehead atoms. The molecule has 2 aliphatic rings. The molecule has 0 unspecified atom stereocenters. The third-order valence-corrected chi connectivity index (χ3v) is 5.74. The summed E-state index contributed by atoms with van der Waals surface area (Å²) in [6.07, 6.45) is 7.16. The summed E-state index contributed by atoms with van der Waals surface area (Å²) in [7, 11) is 0. The third-order valence-electron chi connectivity index (χ3n) is 5.15. The lowest BCUT2D eigenvalue weighted by atomic mass is 10.1. The Balaban J connectivity index is 1.44. The monoisotopic (exact) mass is 345 g/mol. The first-order chi connectivity index (χ1) is 11.8. The summed E-state index contributed by atoms with van der Waals surface area (Å²) < 4.78 is 2.11. The number of fused-ring (bicyclic) bond motifs is 1. The third kappa shape index (κ3) is 3.37. The molecule has 128 valence electrons. The van der Waals surface area contributed by atoms with Gasteiger partial charge in [0.15, 0.2) is 0 Å². The first kappa shape index (κ1) is 15.8. The van der Waals surface area contributed by atoms with Gasteiger partial charge in [-0.1, -0.05) is 12.8 Å². The number of carbonyl (C=O) groups excluding carboxylic acids is 1. The number of hydrogen-bond donors (Lipinski definition) is 1. The predicted octanol–water partition coefficient (Wildman–Crippen LogP) is 2.14. The second-order valence-corrected chi connectivity index (χ2v) is 7.54. The van der Waals surface area contributed by atoms with Gasteiger partial charge in [0.2, 0.25) is 0 Å². The predicted molar refractivity (Wildman–Crippen MR) is 92.8 cm³/mol. The summed E-state index contributed by atoms with van der Waals surface area (Å²) in [5.74, 6) is 0.294. The molecule has 0 radical (unpaired) electrons. The van der Waals surface area contributed by atoms with Crippen LogP contribution in [0.3, 0.4) is 0 Å². The van der Waals surface area contributed by atoms with Gasteiger partial charge in [0, 0.05) is 49.7 Å². The average Bonchev–Trinajstić information content (AvgIpc) is 3.33. The molecule has 1 saturated carbocycles. The van der Waals surface area contributed by atoms with Gasteiger partial charge in [0.05, 0.1) is 11.2 Å². The fraction of sp³-hybridized carbons (Fsp3) is 0.588. The molecular weight excluding hydrogens is 322 g/mol. The van der Waals surface area contributed by atoms with Crippen molar-refractivity contribution >= 4 is 17.2 Å². The molecule has 0 saturated heterocycles. The van der Waals surface area contributed by atoms with Crippen LogP contribution in [0.15, 0.2) is 23.2 Å². The highest BCUT2D eigenvalue weighted by atomic mass is 32.1. The smallest absolute Gasteiger partial charge is 0.270 e. The first-order valence-corrected chi connectivity index (χ1v) is 9.65. The fourth-order valence-electron chi connectivity index (χ4n) is 3.89. The van der Waals surface area contributed by atoms with Crippen molar-refractivity contribution in [3.8, 4) is 0 Å². The minimum absolute atomic E-state index is 0.0754. The van der Waals surface area contributed by atoms with Crippen molar-refractivity contribution in [3.63, 3.8) is 0 Å². The zero-order valence-electron chi connectivity index (χ0n) is 13.7. The summed E-state index contributed by atoms with van der Waals surface area (Å²) in [4.78, 5) is 18.9. The molecule has 1 aliphatic heterocycles. The number of hydrogen-bond acceptors (Lipinski definition) is 5. The van der Waals surface area contributed by atoms with Gasteiger partial charge in [-0.3, -0.25) is 14.4 Å². The minimum atomic E-state index is -0.0754. The van der Waals surface area contributed by atoms with Crippen LogP contribution >= 0.6 is 11.3 Å². The van der Waals surface area contributed by atoms with Crippen molar-refractivity contribution in [1.29, 1.82) is 0 Å². The van der Waals surface area contributed by atoms with Crippen molar-refractivity contribution in [2.24, 2.45) is 5.92 Å². The Bertz CT molecular complexity index is 677. The molecule has 4 rings (SSSR count). The molecular formula is C17H23N5OS. The van der Waals surface area contributed by atoms with Gasteiger partial charge in [0.1, 0.15) is 5.69 Å². The molecule has 2 aromatic heterocycles. The topological polar surface area (TPSA) is 63.1 Å². The summed E-state index contributed by atoms with van der Waals surface area (Å²) >= 11 is 1.45. The Kier molecular flexibility index (Phi) is 4.62. The maximum absolute atomic E-state index is 12.2. The number of nitrogens with zero attached hydrogens (tertiary/aromatic N) is 4. The van der Waals surface area contributed by atoms with Gasteiger partial charge in [0.25, 0.3) is 5.91 Å². The van der Waals surface area contributed by atoms with Crippen LogP contribution in [-0.2, 0) is 13.1 Å². The molecule has 7 heteroatoms. The highest BCUT2D eigenvalue weighted by Crippen LogP contribution is 2.27. The minimum Gasteiger partial charge on any atom is -0.350 e.